The first-order valence-corrected chi connectivity index (χ1v) is 6.32. The number of hydrogen-bond donors (Lipinski definition) is 2. The number of anilines is 1. The van der Waals surface area contributed by atoms with Gasteiger partial charge in [-0.2, -0.15) is 0 Å². The van der Waals surface area contributed by atoms with Crippen LogP contribution >= 0.6 is 24.8 Å². The molecule has 114 valence electrons. The fourth-order valence-electron chi connectivity index (χ4n) is 2.45. The highest BCUT2D eigenvalue weighted by molar-refractivity contribution is 5.90. The molecule has 5 nitrogen and oxygen atoms in total. The molecular formula is C14H18Cl2N4O. The van der Waals surface area contributed by atoms with Crippen LogP contribution in [0.4, 0.5) is 5.69 Å². The van der Waals surface area contributed by atoms with Gasteiger partial charge in [0, 0.05) is 30.4 Å². The lowest BCUT2D eigenvalue weighted by molar-refractivity contribution is -0.129. The number of nitrogens with two attached hydrogens (primary N) is 2. The van der Waals surface area contributed by atoms with Crippen molar-refractivity contribution >= 4 is 47.3 Å². The SMILES string of the molecule is Cl.Cl.Nc1ccnc2cc(CN3CC[C@@H](N)C3=O)ccc12. The number of carbonyl (C=O) groups is 1. The van der Waals surface area contributed by atoms with E-state index in [2.05, 4.69) is 4.98 Å². The lowest BCUT2D eigenvalue weighted by Gasteiger charge is -2.16. The summed E-state index contributed by atoms with van der Waals surface area (Å²) < 4.78 is 0. The molecule has 4 N–H and O–H groups in total. The van der Waals surface area contributed by atoms with E-state index in [1.165, 1.54) is 0 Å². The molecular weight excluding hydrogens is 311 g/mol. The first-order valence-electron chi connectivity index (χ1n) is 6.32. The zero-order valence-corrected chi connectivity index (χ0v) is 13.0. The molecule has 0 spiro atoms. The van der Waals surface area contributed by atoms with Crippen molar-refractivity contribution < 1.29 is 4.79 Å². The smallest absolute Gasteiger partial charge is 0.239 e. The maximum Gasteiger partial charge on any atom is 0.239 e. The van der Waals surface area contributed by atoms with Crippen LogP contribution in [0.25, 0.3) is 10.9 Å². The molecule has 2 heterocycles. The molecule has 2 aromatic rings. The van der Waals surface area contributed by atoms with Crippen molar-refractivity contribution in [3.63, 3.8) is 0 Å². The highest BCUT2D eigenvalue weighted by Gasteiger charge is 2.28. The number of amides is 1. The fourth-order valence-corrected chi connectivity index (χ4v) is 2.45. The van der Waals surface area contributed by atoms with Crippen LogP contribution < -0.4 is 11.5 Å². The molecule has 0 radical (unpaired) electrons. The molecule has 21 heavy (non-hydrogen) atoms. The fraction of sp³-hybridized carbons (Fsp3) is 0.286. The van der Waals surface area contributed by atoms with Gasteiger partial charge in [0.15, 0.2) is 0 Å². The van der Waals surface area contributed by atoms with Crippen LogP contribution in [0.2, 0.25) is 0 Å². The normalized spacial score (nSPS) is 17.5. The van der Waals surface area contributed by atoms with Gasteiger partial charge in [-0.3, -0.25) is 9.78 Å². The van der Waals surface area contributed by atoms with Crippen LogP contribution in [0.1, 0.15) is 12.0 Å². The highest BCUT2D eigenvalue weighted by Crippen LogP contribution is 2.21. The van der Waals surface area contributed by atoms with Gasteiger partial charge in [0.2, 0.25) is 5.91 Å². The predicted octanol–water partition coefficient (Wildman–Crippen LogP) is 1.72. The third-order valence-corrected chi connectivity index (χ3v) is 3.55. The van der Waals surface area contributed by atoms with E-state index in [0.29, 0.717) is 6.54 Å². The molecule has 1 saturated heterocycles. The van der Waals surface area contributed by atoms with E-state index in [4.69, 9.17) is 11.5 Å². The zero-order chi connectivity index (χ0) is 13.4. The number of halogens is 2. The first kappa shape index (κ1) is 17.5. The van der Waals surface area contributed by atoms with Crippen LogP contribution in [0.3, 0.4) is 0 Å². The number of nitrogen functional groups attached to an aromatic ring is 1. The summed E-state index contributed by atoms with van der Waals surface area (Å²) in [5, 5.41) is 0.940. The van der Waals surface area contributed by atoms with Crippen molar-refractivity contribution in [2.45, 2.75) is 19.0 Å². The number of likely N-dealkylation sites (tertiary alicyclic amines) is 1. The standard InChI is InChI=1S/C14H16N4O.2ClH/c15-11-3-5-17-13-7-9(1-2-10(11)13)8-18-6-4-12(16)14(18)19;;/h1-3,5,7,12H,4,6,8,16H2,(H2,15,17);2*1H/t12-;;/m1../s1. The van der Waals surface area contributed by atoms with Gasteiger partial charge in [-0.15, -0.1) is 24.8 Å². The number of aromatic nitrogens is 1. The summed E-state index contributed by atoms with van der Waals surface area (Å²) in [5.41, 5.74) is 14.2. The minimum absolute atomic E-state index is 0. The second-order valence-corrected chi connectivity index (χ2v) is 4.91. The van der Waals surface area contributed by atoms with Gasteiger partial charge in [0.1, 0.15) is 0 Å². The molecule has 1 aliphatic rings. The highest BCUT2D eigenvalue weighted by atomic mass is 35.5. The average molecular weight is 329 g/mol. The lowest BCUT2D eigenvalue weighted by Crippen LogP contribution is -2.33. The number of benzene rings is 1. The Hall–Kier alpha value is -1.56. The Kier molecular flexibility index (Phi) is 5.78. The van der Waals surface area contributed by atoms with Crippen molar-refractivity contribution in [3.05, 3.63) is 36.0 Å². The van der Waals surface area contributed by atoms with Crippen LogP contribution in [0.5, 0.6) is 0 Å². The second kappa shape index (κ2) is 6.93. The van der Waals surface area contributed by atoms with Gasteiger partial charge >= 0.3 is 0 Å². The Bertz CT molecular complexity index is 650. The molecule has 1 atom stereocenters. The van der Waals surface area contributed by atoms with Gasteiger partial charge < -0.3 is 16.4 Å². The van der Waals surface area contributed by atoms with E-state index < -0.39 is 0 Å². The largest absolute Gasteiger partial charge is 0.398 e. The van der Waals surface area contributed by atoms with Gasteiger partial charge in [-0.05, 0) is 24.1 Å². The summed E-state index contributed by atoms with van der Waals surface area (Å²) in [7, 11) is 0. The van der Waals surface area contributed by atoms with Gasteiger partial charge in [-0.25, -0.2) is 0 Å². The van der Waals surface area contributed by atoms with Crippen LogP contribution in [-0.4, -0.2) is 28.4 Å². The summed E-state index contributed by atoms with van der Waals surface area (Å²) >= 11 is 0. The van der Waals surface area contributed by atoms with E-state index in [-0.39, 0.29) is 36.8 Å². The molecule has 1 aliphatic heterocycles. The summed E-state index contributed by atoms with van der Waals surface area (Å²) in [6.07, 6.45) is 2.43. The van der Waals surface area contributed by atoms with Gasteiger partial charge in [0.05, 0.1) is 11.6 Å². The minimum atomic E-state index is -0.339. The minimum Gasteiger partial charge on any atom is -0.398 e. The Labute approximate surface area is 135 Å². The predicted molar refractivity (Wildman–Crippen MR) is 88.7 cm³/mol. The maximum absolute atomic E-state index is 11.8. The van der Waals surface area contributed by atoms with E-state index in [9.17, 15) is 4.79 Å². The number of hydrogen-bond acceptors (Lipinski definition) is 4. The molecule has 7 heteroatoms. The molecule has 0 aliphatic carbocycles. The van der Waals surface area contributed by atoms with Crippen molar-refractivity contribution in [3.8, 4) is 0 Å². The quantitative estimate of drug-likeness (QED) is 0.878. The Balaban J connectivity index is 0.00000110. The van der Waals surface area contributed by atoms with Crippen LogP contribution in [0, 0.1) is 0 Å². The summed E-state index contributed by atoms with van der Waals surface area (Å²) in [5.74, 6) is 0.0284. The van der Waals surface area contributed by atoms with E-state index in [0.717, 1.165) is 35.1 Å². The second-order valence-electron chi connectivity index (χ2n) is 4.91. The molecule has 1 amide bonds. The Morgan fingerprint density at radius 3 is 2.71 bits per heavy atom. The number of carbonyl (C=O) groups excluding carboxylic acids is 1. The molecule has 0 unspecified atom stereocenters. The summed E-state index contributed by atoms with van der Waals surface area (Å²) in [6, 6.07) is 7.35. The molecule has 1 aromatic heterocycles. The topological polar surface area (TPSA) is 85.2 Å². The van der Waals surface area contributed by atoms with Crippen molar-refractivity contribution in [1.82, 2.24) is 9.88 Å². The Morgan fingerprint density at radius 1 is 1.29 bits per heavy atom. The van der Waals surface area contributed by atoms with Crippen LogP contribution in [-0.2, 0) is 11.3 Å². The summed E-state index contributed by atoms with van der Waals surface area (Å²) in [6.45, 7) is 1.31. The van der Waals surface area contributed by atoms with Gasteiger partial charge in [0.25, 0.3) is 0 Å². The first-order chi connectivity index (χ1) is 9.15. The average Bonchev–Trinajstić information content (AvgIpc) is 2.71. The van der Waals surface area contributed by atoms with E-state index in [1.807, 2.05) is 18.2 Å². The lowest BCUT2D eigenvalue weighted by atomic mass is 10.1. The van der Waals surface area contributed by atoms with E-state index in [1.54, 1.807) is 17.2 Å². The third-order valence-electron chi connectivity index (χ3n) is 3.55. The van der Waals surface area contributed by atoms with Crippen molar-refractivity contribution in [1.29, 1.82) is 0 Å². The molecule has 0 saturated carbocycles. The van der Waals surface area contributed by atoms with Crippen molar-refractivity contribution in [2.24, 2.45) is 5.73 Å². The monoisotopic (exact) mass is 328 g/mol. The van der Waals surface area contributed by atoms with Gasteiger partial charge in [-0.1, -0.05) is 12.1 Å². The third kappa shape index (κ3) is 3.37. The summed E-state index contributed by atoms with van der Waals surface area (Å²) in [4.78, 5) is 17.9. The van der Waals surface area contributed by atoms with Crippen LogP contribution in [0.15, 0.2) is 30.5 Å². The molecule has 0 bridgehead atoms. The van der Waals surface area contributed by atoms with Crippen molar-refractivity contribution in [2.75, 3.05) is 12.3 Å². The molecule has 1 aromatic carbocycles. The number of fused-ring (bicyclic) bond motifs is 1. The zero-order valence-electron chi connectivity index (χ0n) is 11.4. The number of nitrogens with zero attached hydrogens (tertiary/aromatic N) is 2. The number of pyridine rings is 1. The Morgan fingerprint density at radius 2 is 2.05 bits per heavy atom. The van der Waals surface area contributed by atoms with E-state index >= 15 is 0 Å². The maximum atomic E-state index is 11.8. The number of rotatable bonds is 2. The molecule has 1 fully saturated rings. The molecule has 3 rings (SSSR count).